The number of hydrogen-bond donors (Lipinski definition) is 1. The highest BCUT2D eigenvalue weighted by Gasteiger charge is 2.20. The van der Waals surface area contributed by atoms with E-state index in [0.29, 0.717) is 19.5 Å². The summed E-state index contributed by atoms with van der Waals surface area (Å²) in [6.07, 6.45) is 1.79. The SMILES string of the molecule is N#CCCN(CCC#N)C(=O)[C@@H](N)CCc1ccccc1. The molecule has 0 radical (unpaired) electrons. The number of carbonyl (C=O) groups is 1. The van der Waals surface area contributed by atoms with E-state index in [4.69, 9.17) is 16.3 Å². The second-order valence-electron chi connectivity index (χ2n) is 4.77. The molecule has 0 aliphatic carbocycles. The zero-order chi connectivity index (χ0) is 15.5. The average Bonchev–Trinajstić information content (AvgIpc) is 2.53. The van der Waals surface area contributed by atoms with E-state index in [9.17, 15) is 4.79 Å². The van der Waals surface area contributed by atoms with Crippen molar-refractivity contribution >= 4 is 5.91 Å². The van der Waals surface area contributed by atoms with Crippen LogP contribution in [-0.4, -0.2) is 29.9 Å². The number of amides is 1. The molecule has 1 amide bonds. The Balaban J connectivity index is 2.52. The van der Waals surface area contributed by atoms with Crippen molar-refractivity contribution in [2.75, 3.05) is 13.1 Å². The van der Waals surface area contributed by atoms with E-state index >= 15 is 0 Å². The van der Waals surface area contributed by atoms with Gasteiger partial charge in [-0.1, -0.05) is 30.3 Å². The first-order chi connectivity index (χ1) is 10.2. The van der Waals surface area contributed by atoms with Crippen molar-refractivity contribution in [1.82, 2.24) is 4.90 Å². The van der Waals surface area contributed by atoms with E-state index in [1.54, 1.807) is 0 Å². The summed E-state index contributed by atoms with van der Waals surface area (Å²) in [7, 11) is 0. The Hall–Kier alpha value is -2.37. The molecule has 0 saturated heterocycles. The smallest absolute Gasteiger partial charge is 0.239 e. The molecule has 0 unspecified atom stereocenters. The fraction of sp³-hybridized carbons (Fsp3) is 0.438. The van der Waals surface area contributed by atoms with Gasteiger partial charge in [0, 0.05) is 13.1 Å². The van der Waals surface area contributed by atoms with E-state index in [2.05, 4.69) is 0 Å². The van der Waals surface area contributed by atoms with Crippen molar-refractivity contribution in [3.05, 3.63) is 35.9 Å². The molecule has 21 heavy (non-hydrogen) atoms. The van der Waals surface area contributed by atoms with Crippen LogP contribution in [0.1, 0.15) is 24.8 Å². The summed E-state index contributed by atoms with van der Waals surface area (Å²) in [5.74, 6) is -0.184. The van der Waals surface area contributed by atoms with Gasteiger partial charge in [-0.15, -0.1) is 0 Å². The molecule has 0 saturated carbocycles. The minimum Gasteiger partial charge on any atom is -0.339 e. The van der Waals surface area contributed by atoms with Crippen LogP contribution < -0.4 is 5.73 Å². The van der Waals surface area contributed by atoms with Gasteiger partial charge in [0.15, 0.2) is 0 Å². The summed E-state index contributed by atoms with van der Waals surface area (Å²) in [5, 5.41) is 17.3. The molecule has 0 spiro atoms. The summed E-state index contributed by atoms with van der Waals surface area (Å²) in [6.45, 7) is 0.659. The molecule has 1 aromatic carbocycles. The highest BCUT2D eigenvalue weighted by atomic mass is 16.2. The molecule has 0 fully saturated rings. The molecule has 0 aliphatic heterocycles. The second kappa shape index (κ2) is 9.52. The normalized spacial score (nSPS) is 11.2. The van der Waals surface area contributed by atoms with Crippen molar-refractivity contribution in [1.29, 1.82) is 10.5 Å². The maximum absolute atomic E-state index is 12.3. The van der Waals surface area contributed by atoms with Crippen LogP contribution in [0.2, 0.25) is 0 Å². The molecule has 0 aliphatic rings. The highest BCUT2D eigenvalue weighted by Crippen LogP contribution is 2.07. The standard InChI is InChI=1S/C16H20N4O/c17-10-4-12-20(13-5-11-18)16(21)15(19)9-8-14-6-2-1-3-7-14/h1-3,6-7,15H,4-5,8-9,12-13,19H2/t15-/m0/s1. The molecule has 1 atom stereocenters. The molecule has 5 heteroatoms. The number of nitrogens with zero attached hydrogens (tertiary/aromatic N) is 3. The third-order valence-corrected chi connectivity index (χ3v) is 3.20. The quantitative estimate of drug-likeness (QED) is 0.784. The molecule has 0 heterocycles. The minimum absolute atomic E-state index is 0.184. The number of rotatable bonds is 8. The van der Waals surface area contributed by atoms with Crippen LogP contribution in [0, 0.1) is 22.7 Å². The Kier molecular flexibility index (Phi) is 7.56. The van der Waals surface area contributed by atoms with Crippen LogP contribution in [0.5, 0.6) is 0 Å². The third kappa shape index (κ3) is 6.07. The van der Waals surface area contributed by atoms with Crippen LogP contribution in [0.3, 0.4) is 0 Å². The zero-order valence-corrected chi connectivity index (χ0v) is 12.0. The van der Waals surface area contributed by atoms with E-state index < -0.39 is 6.04 Å². The summed E-state index contributed by atoms with van der Waals surface area (Å²) < 4.78 is 0. The lowest BCUT2D eigenvalue weighted by Gasteiger charge is -2.24. The van der Waals surface area contributed by atoms with Crippen molar-refractivity contribution in [2.45, 2.75) is 31.7 Å². The lowest BCUT2D eigenvalue weighted by molar-refractivity contribution is -0.132. The van der Waals surface area contributed by atoms with Gasteiger partial charge in [0.2, 0.25) is 5.91 Å². The highest BCUT2D eigenvalue weighted by molar-refractivity contribution is 5.81. The van der Waals surface area contributed by atoms with E-state index in [0.717, 1.165) is 12.0 Å². The van der Waals surface area contributed by atoms with E-state index in [1.165, 1.54) is 4.90 Å². The van der Waals surface area contributed by atoms with Gasteiger partial charge in [-0.25, -0.2) is 0 Å². The minimum atomic E-state index is -0.595. The van der Waals surface area contributed by atoms with Gasteiger partial charge in [0.1, 0.15) is 0 Å². The number of aryl methyl sites for hydroxylation is 1. The van der Waals surface area contributed by atoms with Crippen molar-refractivity contribution in [3.63, 3.8) is 0 Å². The van der Waals surface area contributed by atoms with Gasteiger partial charge >= 0.3 is 0 Å². The predicted octanol–water partition coefficient (Wildman–Crippen LogP) is 1.60. The molecule has 0 bridgehead atoms. The van der Waals surface area contributed by atoms with Crippen LogP contribution in [0.25, 0.3) is 0 Å². The molecule has 0 aromatic heterocycles. The number of carbonyl (C=O) groups excluding carboxylic acids is 1. The van der Waals surface area contributed by atoms with Gasteiger partial charge in [-0.3, -0.25) is 4.79 Å². The maximum atomic E-state index is 12.3. The summed E-state index contributed by atoms with van der Waals surface area (Å²) >= 11 is 0. The van der Waals surface area contributed by atoms with E-state index in [1.807, 2.05) is 42.5 Å². The molecule has 2 N–H and O–H groups in total. The van der Waals surface area contributed by atoms with Crippen LogP contribution in [0.4, 0.5) is 0 Å². The monoisotopic (exact) mass is 284 g/mol. The third-order valence-electron chi connectivity index (χ3n) is 3.20. The first-order valence-electron chi connectivity index (χ1n) is 7.01. The van der Waals surface area contributed by atoms with Gasteiger partial charge in [0.05, 0.1) is 31.0 Å². The zero-order valence-electron chi connectivity index (χ0n) is 12.0. The molecule has 5 nitrogen and oxygen atoms in total. The first kappa shape index (κ1) is 16.7. The largest absolute Gasteiger partial charge is 0.339 e. The number of hydrogen-bond acceptors (Lipinski definition) is 4. The number of nitrogens with two attached hydrogens (primary N) is 1. The van der Waals surface area contributed by atoms with Crippen molar-refractivity contribution in [2.24, 2.45) is 5.73 Å². The Labute approximate surface area is 125 Å². The van der Waals surface area contributed by atoms with E-state index in [-0.39, 0.29) is 18.7 Å². The molecule has 1 rings (SSSR count). The Morgan fingerprint density at radius 2 is 1.71 bits per heavy atom. The summed E-state index contributed by atoms with van der Waals surface area (Å²) in [6, 6.07) is 13.3. The van der Waals surface area contributed by atoms with Crippen molar-refractivity contribution < 1.29 is 4.79 Å². The molecule has 1 aromatic rings. The first-order valence-corrected chi connectivity index (χ1v) is 7.01. The molecule has 110 valence electrons. The van der Waals surface area contributed by atoms with Gasteiger partial charge in [-0.2, -0.15) is 10.5 Å². The Bertz CT molecular complexity index is 497. The lowest BCUT2D eigenvalue weighted by atomic mass is 10.0. The Morgan fingerprint density at radius 3 is 2.24 bits per heavy atom. The lowest BCUT2D eigenvalue weighted by Crippen LogP contribution is -2.44. The molecular formula is C16H20N4O. The number of benzene rings is 1. The van der Waals surface area contributed by atoms with Crippen LogP contribution in [0.15, 0.2) is 30.3 Å². The summed E-state index contributed by atoms with van der Waals surface area (Å²) in [4.78, 5) is 13.8. The van der Waals surface area contributed by atoms with Gasteiger partial charge in [0.25, 0.3) is 0 Å². The predicted molar refractivity (Wildman–Crippen MR) is 79.8 cm³/mol. The molecular weight excluding hydrogens is 264 g/mol. The van der Waals surface area contributed by atoms with Crippen LogP contribution >= 0.6 is 0 Å². The maximum Gasteiger partial charge on any atom is 0.239 e. The van der Waals surface area contributed by atoms with Crippen molar-refractivity contribution in [3.8, 4) is 12.1 Å². The summed E-state index contributed by atoms with van der Waals surface area (Å²) in [5.41, 5.74) is 7.09. The fourth-order valence-electron chi connectivity index (χ4n) is 2.03. The fourth-order valence-corrected chi connectivity index (χ4v) is 2.03. The van der Waals surface area contributed by atoms with Gasteiger partial charge < -0.3 is 10.6 Å². The second-order valence-corrected chi connectivity index (χ2v) is 4.77. The average molecular weight is 284 g/mol. The van der Waals surface area contributed by atoms with Crippen LogP contribution in [-0.2, 0) is 11.2 Å². The topological polar surface area (TPSA) is 93.9 Å². The van der Waals surface area contributed by atoms with Gasteiger partial charge in [-0.05, 0) is 18.4 Å². The number of nitriles is 2. The Morgan fingerprint density at radius 1 is 1.14 bits per heavy atom.